The molecule has 7 aromatic carbocycles. The maximum absolute atomic E-state index is 5.28. The van der Waals surface area contributed by atoms with E-state index in [0.29, 0.717) is 17.5 Å². The first-order valence-electron chi connectivity index (χ1n) is 18.0. The fourth-order valence-corrected chi connectivity index (χ4v) is 7.23. The summed E-state index contributed by atoms with van der Waals surface area (Å²) in [5.74, 6) is 1.91. The van der Waals surface area contributed by atoms with E-state index in [0.717, 1.165) is 82.9 Å². The van der Waals surface area contributed by atoms with Crippen LogP contribution in [0.4, 0.5) is 0 Å². The van der Waals surface area contributed by atoms with Gasteiger partial charge in [0, 0.05) is 44.0 Å². The van der Waals surface area contributed by atoms with Crippen LogP contribution in [0.5, 0.6) is 0 Å². The highest BCUT2D eigenvalue weighted by Gasteiger charge is 2.16. The SMILES string of the molecule is c1ccc(-c2ccc3c(ccc4c5ccccc5nc(-c5ccc(-c6cccc(-c7nc(-c8ccccc8)nc(-c8ccccc8)n7)c6)cc5)c34)n2)cc1. The Hall–Kier alpha value is -7.37. The van der Waals surface area contributed by atoms with Gasteiger partial charge in [0.2, 0.25) is 0 Å². The lowest BCUT2D eigenvalue weighted by atomic mass is 9.95. The van der Waals surface area contributed by atoms with Gasteiger partial charge in [0.25, 0.3) is 0 Å². The number of nitrogens with zero attached hydrogens (tertiary/aromatic N) is 5. The first kappa shape index (κ1) is 31.4. The zero-order valence-corrected chi connectivity index (χ0v) is 29.1. The Kier molecular flexibility index (Phi) is 7.73. The van der Waals surface area contributed by atoms with E-state index in [-0.39, 0.29) is 0 Å². The molecular weight excluding hydrogens is 659 g/mol. The van der Waals surface area contributed by atoms with Crippen LogP contribution in [0, 0.1) is 0 Å². The molecule has 0 saturated carbocycles. The molecule has 3 heterocycles. The smallest absolute Gasteiger partial charge is 0.164 e. The van der Waals surface area contributed by atoms with Gasteiger partial charge >= 0.3 is 0 Å². The van der Waals surface area contributed by atoms with Crippen LogP contribution in [0.3, 0.4) is 0 Å². The third-order valence-corrected chi connectivity index (χ3v) is 9.92. The van der Waals surface area contributed by atoms with Crippen LogP contribution >= 0.6 is 0 Å². The Morgan fingerprint density at radius 3 is 1.46 bits per heavy atom. The summed E-state index contributed by atoms with van der Waals surface area (Å²) in [7, 11) is 0. The zero-order valence-electron chi connectivity index (χ0n) is 29.1. The molecule has 0 aliphatic rings. The summed E-state index contributed by atoms with van der Waals surface area (Å²) in [6.07, 6.45) is 0. The predicted octanol–water partition coefficient (Wildman–Crippen LogP) is 12.1. The number of para-hydroxylation sites is 1. The van der Waals surface area contributed by atoms with Crippen molar-refractivity contribution in [1.29, 1.82) is 0 Å². The molecule has 0 fully saturated rings. The molecule has 0 aliphatic carbocycles. The Morgan fingerprint density at radius 2 is 0.778 bits per heavy atom. The molecule has 3 aromatic heterocycles. The van der Waals surface area contributed by atoms with Gasteiger partial charge in [0.05, 0.1) is 22.4 Å². The van der Waals surface area contributed by atoms with Crippen molar-refractivity contribution >= 4 is 32.6 Å². The largest absolute Gasteiger partial charge is 0.248 e. The average molecular weight is 690 g/mol. The summed E-state index contributed by atoms with van der Waals surface area (Å²) < 4.78 is 0. The average Bonchev–Trinajstić information content (AvgIpc) is 3.26. The molecular formula is C49H31N5. The van der Waals surface area contributed by atoms with Crippen molar-refractivity contribution in [3.8, 4) is 67.8 Å². The van der Waals surface area contributed by atoms with Gasteiger partial charge in [-0.1, -0.05) is 158 Å². The van der Waals surface area contributed by atoms with Crippen molar-refractivity contribution in [1.82, 2.24) is 24.9 Å². The second-order valence-corrected chi connectivity index (χ2v) is 13.3. The molecule has 10 aromatic rings. The molecule has 0 aliphatic heterocycles. The minimum absolute atomic E-state index is 0.629. The van der Waals surface area contributed by atoms with Crippen molar-refractivity contribution in [2.75, 3.05) is 0 Å². The van der Waals surface area contributed by atoms with Crippen molar-refractivity contribution in [2.24, 2.45) is 0 Å². The third-order valence-electron chi connectivity index (χ3n) is 9.92. The highest BCUT2D eigenvalue weighted by molar-refractivity contribution is 6.20. The Bertz CT molecular complexity index is 2910. The normalized spacial score (nSPS) is 11.3. The summed E-state index contributed by atoms with van der Waals surface area (Å²) in [5, 5.41) is 4.48. The maximum Gasteiger partial charge on any atom is 0.164 e. The first-order valence-corrected chi connectivity index (χ1v) is 18.0. The molecule has 5 nitrogen and oxygen atoms in total. The molecule has 10 rings (SSSR count). The van der Waals surface area contributed by atoms with Crippen molar-refractivity contribution in [3.05, 3.63) is 188 Å². The Balaban J connectivity index is 1.06. The van der Waals surface area contributed by atoms with E-state index in [1.165, 1.54) is 0 Å². The molecule has 0 bridgehead atoms. The highest BCUT2D eigenvalue weighted by atomic mass is 15.0. The van der Waals surface area contributed by atoms with E-state index in [9.17, 15) is 0 Å². The molecule has 0 unspecified atom stereocenters. The van der Waals surface area contributed by atoms with Gasteiger partial charge in [-0.25, -0.2) is 24.9 Å². The highest BCUT2D eigenvalue weighted by Crippen LogP contribution is 2.38. The van der Waals surface area contributed by atoms with Gasteiger partial charge in [-0.2, -0.15) is 0 Å². The summed E-state index contributed by atoms with van der Waals surface area (Å²) in [6.45, 7) is 0. The van der Waals surface area contributed by atoms with Gasteiger partial charge < -0.3 is 0 Å². The fourth-order valence-electron chi connectivity index (χ4n) is 7.23. The quantitative estimate of drug-likeness (QED) is 0.163. The molecule has 0 N–H and O–H groups in total. The number of hydrogen-bond donors (Lipinski definition) is 0. The minimum atomic E-state index is 0.629. The fraction of sp³-hybridized carbons (Fsp3) is 0. The predicted molar refractivity (Wildman–Crippen MR) is 221 cm³/mol. The molecule has 54 heavy (non-hydrogen) atoms. The number of benzene rings is 7. The van der Waals surface area contributed by atoms with Gasteiger partial charge in [-0.05, 0) is 46.8 Å². The first-order chi connectivity index (χ1) is 26.7. The summed E-state index contributed by atoms with van der Waals surface area (Å²) in [4.78, 5) is 25.1. The second-order valence-electron chi connectivity index (χ2n) is 13.3. The van der Waals surface area contributed by atoms with E-state index >= 15 is 0 Å². The number of aromatic nitrogens is 5. The van der Waals surface area contributed by atoms with Crippen LogP contribution in [0.15, 0.2) is 188 Å². The molecule has 0 spiro atoms. The summed E-state index contributed by atoms with van der Waals surface area (Å²) >= 11 is 0. The third kappa shape index (κ3) is 5.74. The maximum atomic E-state index is 5.28. The van der Waals surface area contributed by atoms with Crippen LogP contribution in [-0.4, -0.2) is 24.9 Å². The topological polar surface area (TPSA) is 64.5 Å². The van der Waals surface area contributed by atoms with Crippen LogP contribution in [0.2, 0.25) is 0 Å². The van der Waals surface area contributed by atoms with Crippen LogP contribution in [-0.2, 0) is 0 Å². The lowest BCUT2D eigenvalue weighted by Gasteiger charge is -2.14. The molecule has 252 valence electrons. The zero-order chi connectivity index (χ0) is 35.8. The lowest BCUT2D eigenvalue weighted by Crippen LogP contribution is -2.00. The number of hydrogen-bond acceptors (Lipinski definition) is 5. The van der Waals surface area contributed by atoms with E-state index in [2.05, 4.69) is 103 Å². The molecule has 0 saturated heterocycles. The van der Waals surface area contributed by atoms with Crippen LogP contribution in [0.25, 0.3) is 100 Å². The van der Waals surface area contributed by atoms with Crippen molar-refractivity contribution in [2.45, 2.75) is 0 Å². The van der Waals surface area contributed by atoms with Crippen LogP contribution < -0.4 is 0 Å². The van der Waals surface area contributed by atoms with Crippen LogP contribution in [0.1, 0.15) is 0 Å². The van der Waals surface area contributed by atoms with Crippen molar-refractivity contribution < 1.29 is 0 Å². The summed E-state index contributed by atoms with van der Waals surface area (Å²) in [5.41, 5.74) is 10.9. The molecule has 0 atom stereocenters. The van der Waals surface area contributed by atoms with E-state index in [1.807, 2.05) is 84.9 Å². The molecule has 0 radical (unpaired) electrons. The minimum Gasteiger partial charge on any atom is -0.248 e. The lowest BCUT2D eigenvalue weighted by molar-refractivity contribution is 1.07. The van der Waals surface area contributed by atoms with E-state index < -0.39 is 0 Å². The number of rotatable bonds is 6. The summed E-state index contributed by atoms with van der Waals surface area (Å²) in [6, 6.07) is 64.5. The van der Waals surface area contributed by atoms with E-state index in [4.69, 9.17) is 24.9 Å². The molecule has 5 heteroatoms. The van der Waals surface area contributed by atoms with Crippen molar-refractivity contribution in [3.63, 3.8) is 0 Å². The monoisotopic (exact) mass is 689 g/mol. The number of fused-ring (bicyclic) bond motifs is 5. The van der Waals surface area contributed by atoms with E-state index in [1.54, 1.807) is 0 Å². The van der Waals surface area contributed by atoms with Gasteiger partial charge in [0.15, 0.2) is 17.5 Å². The second kappa shape index (κ2) is 13.3. The van der Waals surface area contributed by atoms with Gasteiger partial charge in [-0.15, -0.1) is 0 Å². The number of pyridine rings is 2. The van der Waals surface area contributed by atoms with Gasteiger partial charge in [0.1, 0.15) is 0 Å². The Labute approximate surface area is 312 Å². The Morgan fingerprint density at radius 1 is 0.259 bits per heavy atom. The standard InChI is InChI=1S/C49H31N5/c1-4-13-33(14-5-1)42-29-28-41-44(50-42)30-27-40-39-21-10-11-22-43(39)51-46(45(40)41)34-25-23-32(24-26-34)37-19-12-20-38(31-37)49-53-47(35-15-6-2-7-16-35)52-48(54-49)36-17-8-3-9-18-36/h1-31H. The molecule has 0 amide bonds. The van der Waals surface area contributed by atoms with Gasteiger partial charge in [-0.3, -0.25) is 0 Å².